The topological polar surface area (TPSA) is 55.6 Å². The van der Waals surface area contributed by atoms with Crippen molar-refractivity contribution < 1.29 is 9.53 Å². The van der Waals surface area contributed by atoms with Crippen LogP contribution in [-0.2, 0) is 11.3 Å². The first-order chi connectivity index (χ1) is 7.65. The Morgan fingerprint density at radius 1 is 1.44 bits per heavy atom. The van der Waals surface area contributed by atoms with Crippen molar-refractivity contribution in [3.05, 3.63) is 35.4 Å². The van der Waals surface area contributed by atoms with Crippen LogP contribution in [0.2, 0.25) is 0 Å². The van der Waals surface area contributed by atoms with Crippen LogP contribution in [0.25, 0.3) is 0 Å². The lowest BCUT2D eigenvalue weighted by Crippen LogP contribution is -2.32. The molecule has 88 valence electrons. The molecular formula is C12H18N2O2. The number of rotatable bonds is 4. The minimum absolute atomic E-state index is 0.306. The van der Waals surface area contributed by atoms with Gasteiger partial charge in [0.1, 0.15) is 6.61 Å². The lowest BCUT2D eigenvalue weighted by Gasteiger charge is -2.16. The summed E-state index contributed by atoms with van der Waals surface area (Å²) in [5, 5.41) is 0. The molecule has 4 nitrogen and oxygen atoms in total. The molecule has 1 aromatic rings. The van der Waals surface area contributed by atoms with E-state index >= 15 is 0 Å². The van der Waals surface area contributed by atoms with Gasteiger partial charge in [0.05, 0.1) is 0 Å². The van der Waals surface area contributed by atoms with Crippen LogP contribution in [-0.4, -0.2) is 31.1 Å². The molecule has 0 heterocycles. The van der Waals surface area contributed by atoms with Crippen LogP contribution >= 0.6 is 0 Å². The van der Waals surface area contributed by atoms with Gasteiger partial charge in [-0.25, -0.2) is 4.79 Å². The molecule has 2 N–H and O–H groups in total. The van der Waals surface area contributed by atoms with Crippen LogP contribution < -0.4 is 5.73 Å². The maximum absolute atomic E-state index is 11.5. The van der Waals surface area contributed by atoms with Crippen LogP contribution in [0.4, 0.5) is 4.79 Å². The fourth-order valence-corrected chi connectivity index (χ4v) is 1.31. The van der Waals surface area contributed by atoms with Crippen LogP contribution in [0.1, 0.15) is 11.1 Å². The first kappa shape index (κ1) is 12.5. The van der Waals surface area contributed by atoms with Crippen LogP contribution in [0, 0.1) is 6.92 Å². The summed E-state index contributed by atoms with van der Waals surface area (Å²) in [7, 11) is 1.67. The second-order valence-electron chi connectivity index (χ2n) is 3.69. The zero-order chi connectivity index (χ0) is 12.0. The SMILES string of the molecule is Cc1ccccc1COC(=O)N(C)CCN. The summed E-state index contributed by atoms with van der Waals surface area (Å²) in [5.74, 6) is 0. The van der Waals surface area contributed by atoms with Gasteiger partial charge in [-0.2, -0.15) is 0 Å². The molecule has 0 atom stereocenters. The van der Waals surface area contributed by atoms with Crippen LogP contribution in [0.5, 0.6) is 0 Å². The van der Waals surface area contributed by atoms with Gasteiger partial charge >= 0.3 is 6.09 Å². The minimum atomic E-state index is -0.339. The van der Waals surface area contributed by atoms with E-state index in [2.05, 4.69) is 0 Å². The number of nitrogens with zero attached hydrogens (tertiary/aromatic N) is 1. The van der Waals surface area contributed by atoms with E-state index in [4.69, 9.17) is 10.5 Å². The largest absolute Gasteiger partial charge is 0.445 e. The number of benzene rings is 1. The number of hydrogen-bond acceptors (Lipinski definition) is 3. The molecule has 0 radical (unpaired) electrons. The van der Waals surface area contributed by atoms with Crippen LogP contribution in [0.3, 0.4) is 0 Å². The van der Waals surface area contributed by atoms with Crippen molar-refractivity contribution in [3.8, 4) is 0 Å². The Morgan fingerprint density at radius 2 is 2.12 bits per heavy atom. The molecule has 1 amide bonds. The summed E-state index contributed by atoms with van der Waals surface area (Å²) in [4.78, 5) is 12.9. The standard InChI is InChI=1S/C12H18N2O2/c1-10-5-3-4-6-11(10)9-16-12(15)14(2)8-7-13/h3-6H,7-9,13H2,1-2H3. The zero-order valence-corrected chi connectivity index (χ0v) is 9.77. The Labute approximate surface area is 96.0 Å². The summed E-state index contributed by atoms with van der Waals surface area (Å²) in [6, 6.07) is 7.83. The molecule has 0 aliphatic heterocycles. The Morgan fingerprint density at radius 3 is 2.75 bits per heavy atom. The summed E-state index contributed by atoms with van der Waals surface area (Å²) in [6.07, 6.45) is -0.339. The van der Waals surface area contributed by atoms with E-state index in [0.29, 0.717) is 19.7 Å². The van der Waals surface area contributed by atoms with E-state index < -0.39 is 0 Å². The molecule has 0 fully saturated rings. The molecule has 0 aliphatic carbocycles. The number of ether oxygens (including phenoxy) is 1. The third-order valence-corrected chi connectivity index (χ3v) is 2.39. The molecule has 0 unspecified atom stereocenters. The average Bonchev–Trinajstić information content (AvgIpc) is 2.28. The molecule has 0 aliphatic rings. The van der Waals surface area contributed by atoms with E-state index in [1.165, 1.54) is 4.90 Å². The number of likely N-dealkylation sites (N-methyl/N-ethyl adjacent to an activating group) is 1. The number of nitrogens with two attached hydrogens (primary N) is 1. The van der Waals surface area contributed by atoms with Gasteiger partial charge < -0.3 is 15.4 Å². The fourth-order valence-electron chi connectivity index (χ4n) is 1.31. The highest BCUT2D eigenvalue weighted by molar-refractivity contribution is 5.67. The highest BCUT2D eigenvalue weighted by Crippen LogP contribution is 2.08. The Bertz CT molecular complexity index is 353. The highest BCUT2D eigenvalue weighted by Gasteiger charge is 2.09. The quantitative estimate of drug-likeness (QED) is 0.840. The van der Waals surface area contributed by atoms with Crippen molar-refractivity contribution in [2.24, 2.45) is 5.73 Å². The number of carbonyl (C=O) groups excluding carboxylic acids is 1. The average molecular weight is 222 g/mol. The second kappa shape index (κ2) is 6.12. The Kier molecular flexibility index (Phi) is 4.79. The van der Waals surface area contributed by atoms with Gasteiger partial charge in [-0.15, -0.1) is 0 Å². The minimum Gasteiger partial charge on any atom is -0.445 e. The molecule has 0 saturated heterocycles. The summed E-state index contributed by atoms with van der Waals surface area (Å²) in [6.45, 7) is 3.25. The molecule has 1 aromatic carbocycles. The van der Waals surface area contributed by atoms with Crippen molar-refractivity contribution in [3.63, 3.8) is 0 Å². The zero-order valence-electron chi connectivity index (χ0n) is 9.77. The monoisotopic (exact) mass is 222 g/mol. The van der Waals surface area contributed by atoms with E-state index in [-0.39, 0.29) is 6.09 Å². The van der Waals surface area contributed by atoms with Crippen LogP contribution in [0.15, 0.2) is 24.3 Å². The Hall–Kier alpha value is -1.55. The predicted molar refractivity (Wildman–Crippen MR) is 63.0 cm³/mol. The highest BCUT2D eigenvalue weighted by atomic mass is 16.6. The van der Waals surface area contributed by atoms with Gasteiger partial charge in [0.15, 0.2) is 0 Å². The number of carbonyl (C=O) groups is 1. The van der Waals surface area contributed by atoms with E-state index in [1.54, 1.807) is 7.05 Å². The molecule has 4 heteroatoms. The van der Waals surface area contributed by atoms with Gasteiger partial charge in [-0.05, 0) is 18.1 Å². The predicted octanol–water partition coefficient (Wildman–Crippen LogP) is 1.52. The third-order valence-electron chi connectivity index (χ3n) is 2.39. The van der Waals surface area contributed by atoms with Gasteiger partial charge in [0.25, 0.3) is 0 Å². The fraction of sp³-hybridized carbons (Fsp3) is 0.417. The number of aryl methyl sites for hydroxylation is 1. The van der Waals surface area contributed by atoms with E-state index in [9.17, 15) is 4.79 Å². The maximum atomic E-state index is 11.5. The van der Waals surface area contributed by atoms with Crippen molar-refractivity contribution in [1.82, 2.24) is 4.90 Å². The van der Waals surface area contributed by atoms with Gasteiger partial charge in [-0.1, -0.05) is 24.3 Å². The molecule has 0 aromatic heterocycles. The van der Waals surface area contributed by atoms with Gasteiger partial charge in [0, 0.05) is 20.1 Å². The molecule has 0 spiro atoms. The molecule has 0 saturated carbocycles. The molecular weight excluding hydrogens is 204 g/mol. The van der Waals surface area contributed by atoms with Crippen molar-refractivity contribution in [2.45, 2.75) is 13.5 Å². The van der Waals surface area contributed by atoms with Crippen molar-refractivity contribution in [1.29, 1.82) is 0 Å². The maximum Gasteiger partial charge on any atom is 0.409 e. The Balaban J connectivity index is 2.46. The van der Waals surface area contributed by atoms with E-state index in [1.807, 2.05) is 31.2 Å². The summed E-state index contributed by atoms with van der Waals surface area (Å²) < 4.78 is 5.15. The molecule has 0 bridgehead atoms. The van der Waals surface area contributed by atoms with Gasteiger partial charge in [-0.3, -0.25) is 0 Å². The summed E-state index contributed by atoms with van der Waals surface area (Å²) >= 11 is 0. The second-order valence-corrected chi connectivity index (χ2v) is 3.69. The molecule has 1 rings (SSSR count). The first-order valence-corrected chi connectivity index (χ1v) is 5.27. The van der Waals surface area contributed by atoms with E-state index in [0.717, 1.165) is 11.1 Å². The lowest BCUT2D eigenvalue weighted by molar-refractivity contribution is 0.105. The van der Waals surface area contributed by atoms with Crippen molar-refractivity contribution >= 4 is 6.09 Å². The third kappa shape index (κ3) is 3.55. The van der Waals surface area contributed by atoms with Gasteiger partial charge in [0.2, 0.25) is 0 Å². The molecule has 16 heavy (non-hydrogen) atoms. The van der Waals surface area contributed by atoms with Crippen molar-refractivity contribution in [2.75, 3.05) is 20.1 Å². The lowest BCUT2D eigenvalue weighted by atomic mass is 10.1. The smallest absolute Gasteiger partial charge is 0.409 e. The number of amides is 1. The normalized spacial score (nSPS) is 9.94. The first-order valence-electron chi connectivity index (χ1n) is 5.27. The summed E-state index contributed by atoms with van der Waals surface area (Å²) in [5.41, 5.74) is 7.50. The number of hydrogen-bond donors (Lipinski definition) is 1.